The van der Waals surface area contributed by atoms with E-state index in [2.05, 4.69) is 4.99 Å². The molecule has 2 rings (SSSR count). The van der Waals surface area contributed by atoms with Crippen LogP contribution in [0.15, 0.2) is 34.8 Å². The van der Waals surface area contributed by atoms with Crippen LogP contribution in [0, 0.1) is 10.1 Å². The first kappa shape index (κ1) is 13.9. The van der Waals surface area contributed by atoms with Gasteiger partial charge in [0, 0.05) is 30.3 Å². The van der Waals surface area contributed by atoms with E-state index in [0.29, 0.717) is 4.80 Å². The van der Waals surface area contributed by atoms with Crippen molar-refractivity contribution in [1.82, 2.24) is 4.57 Å². The zero-order valence-corrected chi connectivity index (χ0v) is 11.6. The second kappa shape index (κ2) is 5.66. The number of benzene rings is 1. The molecule has 0 spiro atoms. The highest BCUT2D eigenvalue weighted by molar-refractivity contribution is 7.07. The van der Waals surface area contributed by atoms with E-state index in [0.717, 1.165) is 6.07 Å². The molecule has 0 atom stereocenters. The number of hydrogen-bond donors (Lipinski definition) is 0. The van der Waals surface area contributed by atoms with Gasteiger partial charge in [-0.05, 0) is 12.1 Å². The molecule has 1 amide bonds. The van der Waals surface area contributed by atoms with Gasteiger partial charge in [0.25, 0.3) is 5.91 Å². The monoisotopic (exact) mass is 293 g/mol. The number of aromatic nitrogens is 1. The molecule has 0 aliphatic rings. The molecule has 2 aromatic rings. The molecule has 0 bridgehead atoms. The molecule has 7 nitrogen and oxygen atoms in total. The number of hydrogen-bond acceptors (Lipinski definition) is 5. The van der Waals surface area contributed by atoms with Crippen molar-refractivity contribution in [2.24, 2.45) is 12.0 Å². The number of amides is 1. The standard InChI is InChI=1S/C12H11N3O4S/c1-14-5-6-20-12(14)13-11(16)8-3-4-10(19-2)9(7-8)15(17)18/h3-7H,1-2H3. The van der Waals surface area contributed by atoms with Gasteiger partial charge in [-0.15, -0.1) is 11.3 Å². The van der Waals surface area contributed by atoms with Gasteiger partial charge >= 0.3 is 5.69 Å². The van der Waals surface area contributed by atoms with Crippen molar-refractivity contribution in [3.8, 4) is 5.75 Å². The van der Waals surface area contributed by atoms with E-state index in [1.807, 2.05) is 0 Å². The number of nitro groups is 1. The molecule has 0 fully saturated rings. The maximum Gasteiger partial charge on any atom is 0.311 e. The van der Waals surface area contributed by atoms with Crippen LogP contribution in [0.3, 0.4) is 0 Å². The average molecular weight is 293 g/mol. The van der Waals surface area contributed by atoms with Gasteiger partial charge in [0.1, 0.15) is 0 Å². The third-order valence-corrected chi connectivity index (χ3v) is 3.43. The summed E-state index contributed by atoms with van der Waals surface area (Å²) in [5, 5.41) is 12.7. The number of thiazole rings is 1. The number of nitrogens with zero attached hydrogens (tertiary/aromatic N) is 3. The summed E-state index contributed by atoms with van der Waals surface area (Å²) in [6.07, 6.45) is 1.77. The highest BCUT2D eigenvalue weighted by atomic mass is 32.1. The van der Waals surface area contributed by atoms with Crippen LogP contribution in [0.4, 0.5) is 5.69 Å². The molecule has 8 heteroatoms. The largest absolute Gasteiger partial charge is 0.490 e. The van der Waals surface area contributed by atoms with Crippen LogP contribution in [-0.2, 0) is 7.05 Å². The quantitative estimate of drug-likeness (QED) is 0.637. The van der Waals surface area contributed by atoms with Gasteiger partial charge < -0.3 is 9.30 Å². The fourth-order valence-corrected chi connectivity index (χ4v) is 2.28. The van der Waals surface area contributed by atoms with Crippen LogP contribution in [-0.4, -0.2) is 22.5 Å². The zero-order chi connectivity index (χ0) is 14.7. The van der Waals surface area contributed by atoms with Gasteiger partial charge in [-0.1, -0.05) is 0 Å². The first-order chi connectivity index (χ1) is 9.52. The van der Waals surface area contributed by atoms with E-state index in [9.17, 15) is 14.9 Å². The Labute approximate surface area is 117 Å². The normalized spacial score (nSPS) is 11.4. The minimum Gasteiger partial charge on any atom is -0.490 e. The topological polar surface area (TPSA) is 86.7 Å². The van der Waals surface area contributed by atoms with E-state index < -0.39 is 10.8 Å². The van der Waals surface area contributed by atoms with Crippen LogP contribution < -0.4 is 9.54 Å². The molecule has 20 heavy (non-hydrogen) atoms. The number of methoxy groups -OCH3 is 1. The maximum absolute atomic E-state index is 12.0. The molecule has 0 saturated heterocycles. The lowest BCUT2D eigenvalue weighted by atomic mass is 10.2. The fraction of sp³-hybridized carbons (Fsp3) is 0.167. The second-order valence-electron chi connectivity index (χ2n) is 3.86. The Hall–Kier alpha value is -2.48. The molecule has 1 aromatic carbocycles. The Kier molecular flexibility index (Phi) is 3.94. The molecule has 1 aromatic heterocycles. The summed E-state index contributed by atoms with van der Waals surface area (Å²) in [6.45, 7) is 0. The smallest absolute Gasteiger partial charge is 0.311 e. The molecule has 0 radical (unpaired) electrons. The lowest BCUT2D eigenvalue weighted by molar-refractivity contribution is -0.385. The molecule has 0 unspecified atom stereocenters. The number of carbonyl (C=O) groups is 1. The van der Waals surface area contributed by atoms with Gasteiger partial charge in [-0.3, -0.25) is 14.9 Å². The lowest BCUT2D eigenvalue weighted by Gasteiger charge is -2.02. The summed E-state index contributed by atoms with van der Waals surface area (Å²) >= 11 is 1.31. The highest BCUT2D eigenvalue weighted by Crippen LogP contribution is 2.27. The minimum absolute atomic E-state index is 0.105. The third-order valence-electron chi connectivity index (χ3n) is 2.58. The predicted octanol–water partition coefficient (Wildman–Crippen LogP) is 1.74. The van der Waals surface area contributed by atoms with Gasteiger partial charge in [0.05, 0.1) is 12.0 Å². The van der Waals surface area contributed by atoms with E-state index in [1.54, 1.807) is 23.2 Å². The second-order valence-corrected chi connectivity index (χ2v) is 4.73. The van der Waals surface area contributed by atoms with Crippen LogP contribution >= 0.6 is 11.3 Å². The Morgan fingerprint density at radius 1 is 1.50 bits per heavy atom. The summed E-state index contributed by atoms with van der Waals surface area (Å²) in [7, 11) is 3.10. The van der Waals surface area contributed by atoms with Gasteiger partial charge in [-0.2, -0.15) is 4.99 Å². The van der Waals surface area contributed by atoms with E-state index in [4.69, 9.17) is 4.74 Å². The molecule has 0 saturated carbocycles. The van der Waals surface area contributed by atoms with E-state index in [-0.39, 0.29) is 17.0 Å². The average Bonchev–Trinajstić information content (AvgIpc) is 2.83. The fourth-order valence-electron chi connectivity index (χ4n) is 1.55. The van der Waals surface area contributed by atoms with Crippen LogP contribution in [0.2, 0.25) is 0 Å². The highest BCUT2D eigenvalue weighted by Gasteiger charge is 2.17. The van der Waals surface area contributed by atoms with E-state index in [1.165, 1.54) is 30.6 Å². The number of carbonyl (C=O) groups excluding carboxylic acids is 1. The summed E-state index contributed by atoms with van der Waals surface area (Å²) in [6, 6.07) is 4.00. The van der Waals surface area contributed by atoms with Gasteiger partial charge in [0.2, 0.25) is 0 Å². The van der Waals surface area contributed by atoms with Crippen molar-refractivity contribution in [1.29, 1.82) is 0 Å². The molecule has 0 aliphatic heterocycles. The van der Waals surface area contributed by atoms with Gasteiger partial charge in [0.15, 0.2) is 10.6 Å². The van der Waals surface area contributed by atoms with Crippen LogP contribution in [0.5, 0.6) is 5.75 Å². The van der Waals surface area contributed by atoms with Crippen LogP contribution in [0.1, 0.15) is 10.4 Å². The molecule has 1 heterocycles. The molecular formula is C12H11N3O4S. The number of aryl methyl sites for hydroxylation is 1. The van der Waals surface area contributed by atoms with Crippen molar-refractivity contribution in [2.45, 2.75) is 0 Å². The Balaban J connectivity index is 2.44. The van der Waals surface area contributed by atoms with Gasteiger partial charge in [-0.25, -0.2) is 0 Å². The molecule has 0 aliphatic carbocycles. The minimum atomic E-state index is -0.596. The summed E-state index contributed by atoms with van der Waals surface area (Å²) < 4.78 is 6.58. The number of ether oxygens (including phenoxy) is 1. The third kappa shape index (κ3) is 2.75. The Bertz CT molecular complexity index is 732. The van der Waals surface area contributed by atoms with Crippen molar-refractivity contribution < 1.29 is 14.5 Å². The Morgan fingerprint density at radius 3 is 2.80 bits per heavy atom. The van der Waals surface area contributed by atoms with Crippen molar-refractivity contribution in [3.63, 3.8) is 0 Å². The van der Waals surface area contributed by atoms with E-state index >= 15 is 0 Å². The summed E-state index contributed by atoms with van der Waals surface area (Å²) in [5.41, 5.74) is -0.116. The molecular weight excluding hydrogens is 282 g/mol. The Morgan fingerprint density at radius 2 is 2.25 bits per heavy atom. The lowest BCUT2D eigenvalue weighted by Crippen LogP contribution is -2.12. The van der Waals surface area contributed by atoms with Crippen molar-refractivity contribution >= 4 is 22.9 Å². The molecule has 104 valence electrons. The zero-order valence-electron chi connectivity index (χ0n) is 10.8. The van der Waals surface area contributed by atoms with Crippen LogP contribution in [0.25, 0.3) is 0 Å². The maximum atomic E-state index is 12.0. The van der Waals surface area contributed by atoms with Crippen molar-refractivity contribution in [2.75, 3.05) is 7.11 Å². The van der Waals surface area contributed by atoms with Crippen molar-refractivity contribution in [3.05, 3.63) is 50.3 Å². The number of rotatable bonds is 3. The number of nitro benzene ring substituents is 1. The molecule has 0 N–H and O–H groups in total. The summed E-state index contributed by atoms with van der Waals surface area (Å²) in [4.78, 5) is 26.8. The first-order valence-corrected chi connectivity index (χ1v) is 6.42. The SMILES string of the molecule is COc1ccc(C(=O)N=c2sccn2C)cc1[N+](=O)[O-]. The first-order valence-electron chi connectivity index (χ1n) is 5.54. The predicted molar refractivity (Wildman–Crippen MR) is 72.8 cm³/mol. The summed E-state index contributed by atoms with van der Waals surface area (Å²) in [5.74, 6) is -0.429.